The van der Waals surface area contributed by atoms with Gasteiger partial charge in [-0.25, -0.2) is 0 Å². The van der Waals surface area contributed by atoms with Gasteiger partial charge in [-0.15, -0.1) is 0 Å². The first kappa shape index (κ1) is 12.9. The summed E-state index contributed by atoms with van der Waals surface area (Å²) in [6.45, 7) is 11.4. The Morgan fingerprint density at radius 3 is 2.08 bits per heavy atom. The van der Waals surface area contributed by atoms with Crippen molar-refractivity contribution in [2.45, 2.75) is 59.1 Å². The smallest absolute Gasteiger partial charge is 0.0518 e. The first-order chi connectivity index (χ1) is 5.92. The molecule has 0 amide bonds. The number of nitrogens with two attached hydrogens (primary N) is 1. The van der Waals surface area contributed by atoms with Gasteiger partial charge in [-0.05, 0) is 32.6 Å². The molecule has 0 radical (unpaired) electrons. The molecule has 1 unspecified atom stereocenters. The quantitative estimate of drug-likeness (QED) is 0.693. The minimum Gasteiger partial charge on any atom is -0.379 e. The summed E-state index contributed by atoms with van der Waals surface area (Å²) in [5.41, 5.74) is 6.20. The van der Waals surface area contributed by atoms with Crippen LogP contribution in [-0.2, 0) is 4.74 Å². The Labute approximate surface area is 82.8 Å². The Morgan fingerprint density at radius 1 is 1.23 bits per heavy atom. The third-order valence-corrected chi connectivity index (χ3v) is 2.83. The molecule has 0 saturated carbocycles. The van der Waals surface area contributed by atoms with E-state index in [9.17, 15) is 0 Å². The molecule has 13 heavy (non-hydrogen) atoms. The van der Waals surface area contributed by atoms with E-state index in [4.69, 9.17) is 10.5 Å². The van der Waals surface area contributed by atoms with E-state index in [0.29, 0.717) is 12.0 Å². The van der Waals surface area contributed by atoms with Crippen LogP contribution in [0.5, 0.6) is 0 Å². The van der Waals surface area contributed by atoms with E-state index in [0.717, 1.165) is 19.4 Å². The summed E-state index contributed by atoms with van der Waals surface area (Å²) in [4.78, 5) is 0. The third-order valence-electron chi connectivity index (χ3n) is 2.83. The van der Waals surface area contributed by atoms with Crippen molar-refractivity contribution in [2.24, 2.45) is 11.7 Å². The van der Waals surface area contributed by atoms with E-state index in [-0.39, 0.29) is 5.54 Å². The molecule has 2 N–H and O–H groups in total. The molecule has 0 saturated heterocycles. The van der Waals surface area contributed by atoms with Gasteiger partial charge in [0.1, 0.15) is 0 Å². The number of ether oxygens (including phenoxy) is 1. The summed E-state index contributed by atoms with van der Waals surface area (Å²) in [6, 6.07) is 0. The molecule has 0 spiro atoms. The Hall–Kier alpha value is -0.0800. The van der Waals surface area contributed by atoms with Gasteiger partial charge in [0.2, 0.25) is 0 Å². The highest BCUT2D eigenvalue weighted by Gasteiger charge is 2.26. The van der Waals surface area contributed by atoms with Crippen molar-refractivity contribution in [3.8, 4) is 0 Å². The molecule has 1 atom stereocenters. The second-order valence-electron chi connectivity index (χ2n) is 4.41. The zero-order valence-electron chi connectivity index (χ0n) is 9.76. The van der Waals surface area contributed by atoms with Crippen molar-refractivity contribution in [1.82, 2.24) is 0 Å². The van der Waals surface area contributed by atoms with Gasteiger partial charge in [0, 0.05) is 12.1 Å². The van der Waals surface area contributed by atoms with Crippen molar-refractivity contribution in [2.75, 3.05) is 6.61 Å². The van der Waals surface area contributed by atoms with Gasteiger partial charge in [0.05, 0.1) is 6.10 Å². The van der Waals surface area contributed by atoms with E-state index >= 15 is 0 Å². The molecule has 0 fully saturated rings. The Balaban J connectivity index is 3.84. The van der Waals surface area contributed by atoms with Gasteiger partial charge >= 0.3 is 0 Å². The lowest BCUT2D eigenvalue weighted by molar-refractivity contribution is 0.0577. The van der Waals surface area contributed by atoms with Gasteiger partial charge in [-0.3, -0.25) is 0 Å². The van der Waals surface area contributed by atoms with Crippen LogP contribution in [0.1, 0.15) is 47.5 Å². The number of hydrogen-bond donors (Lipinski definition) is 1. The summed E-state index contributed by atoms with van der Waals surface area (Å²) in [7, 11) is 0. The number of rotatable bonds is 6. The van der Waals surface area contributed by atoms with E-state index in [1.165, 1.54) is 0 Å². The molecule has 0 aliphatic carbocycles. The predicted molar refractivity (Wildman–Crippen MR) is 57.8 cm³/mol. The maximum Gasteiger partial charge on any atom is 0.0518 e. The SMILES string of the molecule is CCC(N)(CCOC(C)C)C(C)C. The van der Waals surface area contributed by atoms with Crippen LogP contribution in [0.15, 0.2) is 0 Å². The molecule has 0 heterocycles. The molecular formula is C11H25NO. The van der Waals surface area contributed by atoms with E-state index in [1.807, 2.05) is 0 Å². The highest BCUT2D eigenvalue weighted by molar-refractivity contribution is 4.85. The van der Waals surface area contributed by atoms with Crippen LogP contribution in [0, 0.1) is 5.92 Å². The first-order valence-corrected chi connectivity index (χ1v) is 5.33. The van der Waals surface area contributed by atoms with E-state index in [1.54, 1.807) is 0 Å². The van der Waals surface area contributed by atoms with Gasteiger partial charge in [-0.2, -0.15) is 0 Å². The molecule has 2 heteroatoms. The van der Waals surface area contributed by atoms with Crippen LogP contribution >= 0.6 is 0 Å². The monoisotopic (exact) mass is 187 g/mol. The molecule has 0 aromatic heterocycles. The summed E-state index contributed by atoms with van der Waals surface area (Å²) in [6.07, 6.45) is 2.29. The van der Waals surface area contributed by atoms with Gasteiger partial charge in [-0.1, -0.05) is 20.8 Å². The van der Waals surface area contributed by atoms with Crippen LogP contribution in [0.3, 0.4) is 0 Å². The molecule has 0 rings (SSSR count). The average Bonchev–Trinajstić information content (AvgIpc) is 2.03. The van der Waals surface area contributed by atoms with E-state index in [2.05, 4.69) is 34.6 Å². The molecular weight excluding hydrogens is 162 g/mol. The third kappa shape index (κ3) is 4.63. The Bertz CT molecular complexity index is 134. The van der Waals surface area contributed by atoms with Crippen LogP contribution in [0.25, 0.3) is 0 Å². The fraction of sp³-hybridized carbons (Fsp3) is 1.00. The topological polar surface area (TPSA) is 35.2 Å². The molecule has 80 valence electrons. The zero-order valence-corrected chi connectivity index (χ0v) is 9.76. The average molecular weight is 187 g/mol. The number of hydrogen-bond acceptors (Lipinski definition) is 2. The molecule has 0 aliphatic rings. The fourth-order valence-corrected chi connectivity index (χ4v) is 1.36. The summed E-state index contributed by atoms with van der Waals surface area (Å²) >= 11 is 0. The van der Waals surface area contributed by atoms with E-state index < -0.39 is 0 Å². The van der Waals surface area contributed by atoms with Gasteiger partial charge in [0.15, 0.2) is 0 Å². The minimum atomic E-state index is -0.0467. The predicted octanol–water partition coefficient (Wildman–Crippen LogP) is 2.57. The van der Waals surface area contributed by atoms with Crippen LogP contribution in [-0.4, -0.2) is 18.2 Å². The zero-order chi connectivity index (χ0) is 10.5. The fourth-order valence-electron chi connectivity index (χ4n) is 1.36. The standard InChI is InChI=1S/C11H25NO/c1-6-11(12,9(2)3)7-8-13-10(4)5/h9-10H,6-8,12H2,1-5H3. The maximum absolute atomic E-state index is 6.25. The summed E-state index contributed by atoms with van der Waals surface area (Å²) in [5.74, 6) is 0.522. The van der Waals surface area contributed by atoms with Crippen molar-refractivity contribution >= 4 is 0 Å². The maximum atomic E-state index is 6.25. The first-order valence-electron chi connectivity index (χ1n) is 5.33. The second kappa shape index (κ2) is 5.61. The minimum absolute atomic E-state index is 0.0467. The molecule has 0 aliphatic heterocycles. The highest BCUT2D eigenvalue weighted by Crippen LogP contribution is 2.21. The molecule has 0 bridgehead atoms. The lowest BCUT2D eigenvalue weighted by Gasteiger charge is -2.32. The van der Waals surface area contributed by atoms with Crippen LogP contribution in [0.2, 0.25) is 0 Å². The summed E-state index contributed by atoms with van der Waals surface area (Å²) in [5, 5.41) is 0. The van der Waals surface area contributed by atoms with Crippen molar-refractivity contribution < 1.29 is 4.74 Å². The van der Waals surface area contributed by atoms with Crippen LogP contribution in [0.4, 0.5) is 0 Å². The largest absolute Gasteiger partial charge is 0.379 e. The van der Waals surface area contributed by atoms with Gasteiger partial charge < -0.3 is 10.5 Å². The van der Waals surface area contributed by atoms with Crippen molar-refractivity contribution in [1.29, 1.82) is 0 Å². The lowest BCUT2D eigenvalue weighted by atomic mass is 9.82. The molecule has 0 aromatic rings. The normalized spacial score (nSPS) is 16.6. The van der Waals surface area contributed by atoms with Crippen molar-refractivity contribution in [3.05, 3.63) is 0 Å². The van der Waals surface area contributed by atoms with Crippen LogP contribution < -0.4 is 5.73 Å². The molecule has 0 aromatic carbocycles. The molecule has 2 nitrogen and oxygen atoms in total. The second-order valence-corrected chi connectivity index (χ2v) is 4.41. The summed E-state index contributed by atoms with van der Waals surface area (Å²) < 4.78 is 5.51. The highest BCUT2D eigenvalue weighted by atomic mass is 16.5. The van der Waals surface area contributed by atoms with Gasteiger partial charge in [0.25, 0.3) is 0 Å². The Kier molecular flexibility index (Phi) is 5.57. The van der Waals surface area contributed by atoms with Crippen molar-refractivity contribution in [3.63, 3.8) is 0 Å². The lowest BCUT2D eigenvalue weighted by Crippen LogP contribution is -2.45. The Morgan fingerprint density at radius 2 is 1.77 bits per heavy atom.